The molecule has 0 fully saturated rings. The maximum atomic E-state index is 12.4. The van der Waals surface area contributed by atoms with E-state index < -0.39 is 0 Å². The Kier molecular flexibility index (Phi) is 6.23. The van der Waals surface area contributed by atoms with Crippen molar-refractivity contribution in [3.8, 4) is 11.4 Å². The molecule has 0 saturated heterocycles. The fraction of sp³-hybridized carbons (Fsp3) is 0.158. The molecule has 0 bridgehead atoms. The van der Waals surface area contributed by atoms with Gasteiger partial charge in [0.15, 0.2) is 10.6 Å². The highest BCUT2D eigenvalue weighted by Gasteiger charge is 2.12. The molecule has 1 heterocycles. The van der Waals surface area contributed by atoms with Crippen molar-refractivity contribution in [2.45, 2.75) is 13.1 Å². The minimum absolute atomic E-state index is 0.0314. The highest BCUT2D eigenvalue weighted by atomic mass is 35.5. The fourth-order valence-corrected chi connectivity index (χ4v) is 2.92. The Morgan fingerprint density at radius 3 is 2.46 bits per heavy atom. The van der Waals surface area contributed by atoms with E-state index in [1.165, 1.54) is 0 Å². The average Bonchev–Trinajstić information content (AvgIpc) is 3.07. The number of carbonyl (C=O) groups excluding carboxylic acids is 2. The molecule has 0 radical (unpaired) electrons. The van der Waals surface area contributed by atoms with Crippen molar-refractivity contribution < 1.29 is 9.59 Å². The number of hydrogen-bond acceptors (Lipinski definition) is 4. The summed E-state index contributed by atoms with van der Waals surface area (Å²) in [6, 6.07) is 14.2. The molecule has 0 aliphatic heterocycles. The van der Waals surface area contributed by atoms with Crippen LogP contribution in [-0.4, -0.2) is 33.6 Å². The Bertz CT molecular complexity index is 1040. The Morgan fingerprint density at radius 1 is 1.14 bits per heavy atom. The molecule has 3 N–H and O–H groups in total. The summed E-state index contributed by atoms with van der Waals surface area (Å²) in [6.45, 7) is 0.373. The van der Waals surface area contributed by atoms with Gasteiger partial charge in [-0.2, -0.15) is 5.10 Å². The van der Waals surface area contributed by atoms with Crippen molar-refractivity contribution in [1.82, 2.24) is 25.4 Å². The molecule has 2 amide bonds. The highest BCUT2D eigenvalue weighted by molar-refractivity contribution is 7.71. The van der Waals surface area contributed by atoms with Crippen LogP contribution in [-0.2, 0) is 17.9 Å². The summed E-state index contributed by atoms with van der Waals surface area (Å²) in [5.41, 5.74) is 2.25. The average molecular weight is 416 g/mol. The van der Waals surface area contributed by atoms with Gasteiger partial charge < -0.3 is 10.6 Å². The van der Waals surface area contributed by atoms with Crippen LogP contribution in [0.3, 0.4) is 0 Å². The van der Waals surface area contributed by atoms with E-state index in [2.05, 4.69) is 20.8 Å². The summed E-state index contributed by atoms with van der Waals surface area (Å²) >= 11 is 11.2. The number of nitrogens with one attached hydrogen (secondary N) is 3. The lowest BCUT2D eigenvalue weighted by molar-refractivity contribution is -0.121. The molecule has 0 unspecified atom stereocenters. The molecule has 0 aliphatic carbocycles. The van der Waals surface area contributed by atoms with E-state index >= 15 is 0 Å². The van der Waals surface area contributed by atoms with Crippen LogP contribution in [0, 0.1) is 4.77 Å². The second kappa shape index (κ2) is 8.81. The zero-order chi connectivity index (χ0) is 20.1. The predicted octanol–water partition coefficient (Wildman–Crippen LogP) is 2.94. The van der Waals surface area contributed by atoms with E-state index in [4.69, 9.17) is 23.8 Å². The van der Waals surface area contributed by atoms with Gasteiger partial charge in [0.05, 0.1) is 0 Å². The maximum Gasteiger partial charge on any atom is 0.251 e. The van der Waals surface area contributed by atoms with Crippen LogP contribution < -0.4 is 10.6 Å². The SMILES string of the molecule is CNC(=O)c1ccc(CNC(=O)Cn2c(-c3ccc(Cl)cc3)n[nH]c2=S)cc1. The van der Waals surface area contributed by atoms with Crippen molar-refractivity contribution in [1.29, 1.82) is 0 Å². The molecule has 0 aliphatic rings. The number of aromatic nitrogens is 3. The molecule has 0 saturated carbocycles. The molecular weight excluding hydrogens is 398 g/mol. The van der Waals surface area contributed by atoms with E-state index in [9.17, 15) is 9.59 Å². The number of carbonyl (C=O) groups is 2. The number of rotatable bonds is 6. The fourth-order valence-electron chi connectivity index (χ4n) is 2.60. The van der Waals surface area contributed by atoms with Gasteiger partial charge >= 0.3 is 0 Å². The Hall–Kier alpha value is -2.97. The van der Waals surface area contributed by atoms with Gasteiger partial charge in [-0.05, 0) is 54.2 Å². The summed E-state index contributed by atoms with van der Waals surface area (Å²) < 4.78 is 1.98. The zero-order valence-corrected chi connectivity index (χ0v) is 16.6. The third-order valence-electron chi connectivity index (χ3n) is 4.10. The van der Waals surface area contributed by atoms with E-state index in [1.807, 2.05) is 12.1 Å². The van der Waals surface area contributed by atoms with Crippen molar-refractivity contribution in [2.24, 2.45) is 0 Å². The third-order valence-corrected chi connectivity index (χ3v) is 4.66. The maximum absolute atomic E-state index is 12.4. The van der Waals surface area contributed by atoms with Crippen molar-refractivity contribution in [3.63, 3.8) is 0 Å². The number of aromatic amines is 1. The lowest BCUT2D eigenvalue weighted by atomic mass is 10.1. The summed E-state index contributed by atoms with van der Waals surface area (Å²) in [5.74, 6) is 0.203. The predicted molar refractivity (Wildman–Crippen MR) is 110 cm³/mol. The molecule has 0 atom stereocenters. The first-order valence-electron chi connectivity index (χ1n) is 8.47. The smallest absolute Gasteiger partial charge is 0.251 e. The lowest BCUT2D eigenvalue weighted by Gasteiger charge is -2.09. The second-order valence-corrected chi connectivity index (χ2v) is 6.82. The number of amides is 2. The quantitative estimate of drug-likeness (QED) is 0.540. The zero-order valence-electron chi connectivity index (χ0n) is 15.0. The van der Waals surface area contributed by atoms with Gasteiger partial charge in [-0.25, -0.2) is 0 Å². The molecule has 9 heteroatoms. The van der Waals surface area contributed by atoms with Crippen LogP contribution in [0.4, 0.5) is 0 Å². The molecule has 1 aromatic heterocycles. The summed E-state index contributed by atoms with van der Waals surface area (Å²) in [6.07, 6.45) is 0. The van der Waals surface area contributed by atoms with Crippen molar-refractivity contribution in [2.75, 3.05) is 7.05 Å². The standard InChI is InChI=1S/C19H18ClN5O2S/c1-21-18(27)14-4-2-12(3-5-14)10-22-16(26)11-25-17(23-24-19(25)28)13-6-8-15(20)9-7-13/h2-9H,10-11H2,1H3,(H,21,27)(H,22,26)(H,24,28). The largest absolute Gasteiger partial charge is 0.355 e. The van der Waals surface area contributed by atoms with Crippen LogP contribution in [0.25, 0.3) is 11.4 Å². The van der Waals surface area contributed by atoms with E-state index in [-0.39, 0.29) is 18.4 Å². The first-order valence-corrected chi connectivity index (χ1v) is 9.25. The molecule has 0 spiro atoms. The van der Waals surface area contributed by atoms with E-state index in [0.29, 0.717) is 27.7 Å². The minimum atomic E-state index is -0.205. The first-order chi connectivity index (χ1) is 13.5. The van der Waals surface area contributed by atoms with E-state index in [1.54, 1.807) is 48.0 Å². The van der Waals surface area contributed by atoms with Gasteiger partial charge in [-0.1, -0.05) is 23.7 Å². The third kappa shape index (κ3) is 4.65. The topological polar surface area (TPSA) is 91.8 Å². The molecule has 3 aromatic rings. The number of halogens is 1. The van der Waals surface area contributed by atoms with Crippen molar-refractivity contribution >= 4 is 35.6 Å². The summed E-state index contributed by atoms with van der Waals surface area (Å²) in [5, 5.41) is 12.9. The Balaban J connectivity index is 1.65. The number of benzene rings is 2. The number of nitrogens with zero attached hydrogens (tertiary/aromatic N) is 2. The van der Waals surface area contributed by atoms with Gasteiger partial charge in [0.25, 0.3) is 5.91 Å². The summed E-state index contributed by atoms with van der Waals surface area (Å²) in [7, 11) is 1.58. The van der Waals surface area contributed by atoms with E-state index in [0.717, 1.165) is 11.1 Å². The van der Waals surface area contributed by atoms with Gasteiger partial charge in [0.2, 0.25) is 5.91 Å². The van der Waals surface area contributed by atoms with Crippen LogP contribution in [0.5, 0.6) is 0 Å². The van der Waals surface area contributed by atoms with Crippen LogP contribution in [0.1, 0.15) is 15.9 Å². The normalized spacial score (nSPS) is 10.5. The molecule has 7 nitrogen and oxygen atoms in total. The number of H-pyrrole nitrogens is 1. The summed E-state index contributed by atoms with van der Waals surface area (Å²) in [4.78, 5) is 23.9. The van der Waals surface area contributed by atoms with Crippen LogP contribution in [0.15, 0.2) is 48.5 Å². The van der Waals surface area contributed by atoms with Crippen LogP contribution >= 0.6 is 23.8 Å². The van der Waals surface area contributed by atoms with Gasteiger partial charge in [-0.15, -0.1) is 0 Å². The molecule has 2 aromatic carbocycles. The van der Waals surface area contributed by atoms with Gasteiger partial charge in [0, 0.05) is 29.7 Å². The Labute approximate surface area is 171 Å². The second-order valence-electron chi connectivity index (χ2n) is 6.00. The van der Waals surface area contributed by atoms with Crippen molar-refractivity contribution in [3.05, 3.63) is 69.5 Å². The molecular formula is C19H18ClN5O2S. The van der Waals surface area contributed by atoms with Gasteiger partial charge in [0.1, 0.15) is 6.54 Å². The van der Waals surface area contributed by atoms with Crippen LogP contribution in [0.2, 0.25) is 5.02 Å². The first kappa shape index (κ1) is 19.8. The number of hydrogen-bond donors (Lipinski definition) is 3. The molecule has 28 heavy (non-hydrogen) atoms. The Morgan fingerprint density at radius 2 is 1.82 bits per heavy atom. The molecule has 3 rings (SSSR count). The monoisotopic (exact) mass is 415 g/mol. The molecule has 144 valence electrons. The van der Waals surface area contributed by atoms with Gasteiger partial charge in [-0.3, -0.25) is 19.3 Å². The lowest BCUT2D eigenvalue weighted by Crippen LogP contribution is -2.27. The minimum Gasteiger partial charge on any atom is -0.355 e. The highest BCUT2D eigenvalue weighted by Crippen LogP contribution is 2.19.